The molecule has 4 heterocycles. The van der Waals surface area contributed by atoms with Crippen molar-refractivity contribution in [1.82, 2.24) is 9.63 Å². The maximum absolute atomic E-state index is 12.7. The van der Waals surface area contributed by atoms with Crippen molar-refractivity contribution in [3.63, 3.8) is 0 Å². The van der Waals surface area contributed by atoms with Crippen molar-refractivity contribution in [1.29, 1.82) is 5.41 Å². The van der Waals surface area contributed by atoms with Gasteiger partial charge in [-0.15, -0.1) is 5.06 Å². The van der Waals surface area contributed by atoms with Crippen LogP contribution in [0.2, 0.25) is 0 Å². The second kappa shape index (κ2) is 6.84. The van der Waals surface area contributed by atoms with Gasteiger partial charge in [0.05, 0.1) is 5.57 Å². The number of para-hydroxylation sites is 1. The number of amides is 1. The Bertz CT molecular complexity index is 1410. The molecule has 3 aromatic rings. The highest BCUT2D eigenvalue weighted by Crippen LogP contribution is 2.33. The molecular weight excluding hydrogens is 408 g/mol. The summed E-state index contributed by atoms with van der Waals surface area (Å²) in [6.45, 7) is 2.61. The van der Waals surface area contributed by atoms with Crippen LogP contribution in [0.15, 0.2) is 71.1 Å². The number of rotatable bonds is 3. The predicted octanol–water partition coefficient (Wildman–Crippen LogP) is 3.87. The van der Waals surface area contributed by atoms with Crippen LogP contribution in [0.3, 0.4) is 0 Å². The SMILES string of the molecule is CC1=CC2=NC(=O)/C(=C\c3cn(Cc4ccc5c(c4)OCO5)c4ccccc34)C(=N)N2O1. The molecule has 0 unspecified atom stereocenters. The maximum Gasteiger partial charge on any atom is 0.282 e. The summed E-state index contributed by atoms with van der Waals surface area (Å²) in [6, 6.07) is 13.9. The number of ether oxygens (including phenoxy) is 2. The molecule has 0 aliphatic carbocycles. The van der Waals surface area contributed by atoms with Crippen molar-refractivity contribution in [2.75, 3.05) is 6.79 Å². The fourth-order valence-corrected chi connectivity index (χ4v) is 4.11. The molecule has 0 radical (unpaired) electrons. The number of carbonyl (C=O) groups excluding carboxylic acids is 1. The number of allylic oxidation sites excluding steroid dienone is 1. The zero-order valence-corrected chi connectivity index (χ0v) is 17.2. The summed E-state index contributed by atoms with van der Waals surface area (Å²) in [5, 5.41) is 10.7. The topological polar surface area (TPSA) is 89.1 Å². The normalized spacial score (nSPS) is 18.2. The van der Waals surface area contributed by atoms with Gasteiger partial charge in [-0.2, -0.15) is 4.99 Å². The van der Waals surface area contributed by atoms with E-state index < -0.39 is 5.91 Å². The van der Waals surface area contributed by atoms with Crippen molar-refractivity contribution in [2.24, 2.45) is 4.99 Å². The van der Waals surface area contributed by atoms with Gasteiger partial charge in [0, 0.05) is 35.3 Å². The molecule has 2 aromatic carbocycles. The lowest BCUT2D eigenvalue weighted by Crippen LogP contribution is -2.38. The van der Waals surface area contributed by atoms with Gasteiger partial charge >= 0.3 is 0 Å². The number of fused-ring (bicyclic) bond motifs is 3. The summed E-state index contributed by atoms with van der Waals surface area (Å²) in [7, 11) is 0. The van der Waals surface area contributed by atoms with Crippen LogP contribution >= 0.6 is 0 Å². The number of hydroxylamine groups is 2. The molecule has 1 N–H and O–H groups in total. The van der Waals surface area contributed by atoms with E-state index in [1.807, 2.05) is 48.7 Å². The number of aliphatic imine (C=N–C) groups is 1. The molecule has 0 saturated carbocycles. The zero-order chi connectivity index (χ0) is 21.8. The lowest BCUT2D eigenvalue weighted by molar-refractivity contribution is -0.114. The molecule has 1 amide bonds. The Morgan fingerprint density at radius 2 is 2.00 bits per heavy atom. The van der Waals surface area contributed by atoms with Gasteiger partial charge in [0.1, 0.15) is 5.76 Å². The minimum absolute atomic E-state index is 0.0271. The molecule has 8 heteroatoms. The van der Waals surface area contributed by atoms with Crippen molar-refractivity contribution >= 4 is 34.6 Å². The molecule has 1 aromatic heterocycles. The molecule has 0 spiro atoms. The number of nitrogens with zero attached hydrogens (tertiary/aromatic N) is 3. The Hall–Kier alpha value is -4.33. The van der Waals surface area contributed by atoms with Crippen molar-refractivity contribution in [2.45, 2.75) is 13.5 Å². The summed E-state index contributed by atoms with van der Waals surface area (Å²) in [6.07, 6.45) is 5.33. The fraction of sp³-hybridized carbons (Fsp3) is 0.125. The fourth-order valence-electron chi connectivity index (χ4n) is 4.11. The summed E-state index contributed by atoms with van der Waals surface area (Å²) >= 11 is 0. The van der Waals surface area contributed by atoms with E-state index in [9.17, 15) is 4.79 Å². The third-order valence-electron chi connectivity index (χ3n) is 5.59. The van der Waals surface area contributed by atoms with E-state index in [0.29, 0.717) is 18.1 Å². The molecule has 0 saturated heterocycles. The Labute approximate surface area is 183 Å². The van der Waals surface area contributed by atoms with Gasteiger partial charge < -0.3 is 18.9 Å². The zero-order valence-electron chi connectivity index (χ0n) is 17.2. The maximum atomic E-state index is 12.7. The Morgan fingerprint density at radius 3 is 2.91 bits per heavy atom. The first-order valence-electron chi connectivity index (χ1n) is 10.1. The number of hydrogen-bond acceptors (Lipinski definition) is 5. The Kier molecular flexibility index (Phi) is 3.94. The monoisotopic (exact) mass is 426 g/mol. The van der Waals surface area contributed by atoms with Crippen molar-refractivity contribution in [3.05, 3.63) is 77.2 Å². The summed E-state index contributed by atoms with van der Waals surface area (Å²) in [5.41, 5.74) is 3.10. The molecule has 0 atom stereocenters. The summed E-state index contributed by atoms with van der Waals surface area (Å²) < 4.78 is 13.0. The summed E-state index contributed by atoms with van der Waals surface area (Å²) in [5.74, 6) is 1.93. The van der Waals surface area contributed by atoms with Gasteiger partial charge in [0.25, 0.3) is 5.91 Å². The number of nitrogens with one attached hydrogen (secondary N) is 1. The van der Waals surface area contributed by atoms with Crippen LogP contribution in [-0.4, -0.2) is 34.0 Å². The average Bonchev–Trinajstić information content (AvgIpc) is 3.48. The lowest BCUT2D eigenvalue weighted by atomic mass is 10.1. The number of aromatic nitrogens is 1. The predicted molar refractivity (Wildman–Crippen MR) is 118 cm³/mol. The third kappa shape index (κ3) is 2.88. The molecule has 3 aliphatic heterocycles. The van der Waals surface area contributed by atoms with Crippen LogP contribution in [0.5, 0.6) is 11.5 Å². The molecule has 0 bridgehead atoms. The van der Waals surface area contributed by atoms with E-state index in [1.54, 1.807) is 19.1 Å². The van der Waals surface area contributed by atoms with Gasteiger partial charge in [-0.1, -0.05) is 24.3 Å². The van der Waals surface area contributed by atoms with Crippen LogP contribution in [0.25, 0.3) is 17.0 Å². The molecular formula is C24H18N4O4. The average molecular weight is 426 g/mol. The van der Waals surface area contributed by atoms with Gasteiger partial charge in [0.2, 0.25) is 6.79 Å². The lowest BCUT2D eigenvalue weighted by Gasteiger charge is -2.22. The van der Waals surface area contributed by atoms with Gasteiger partial charge in [-0.25, -0.2) is 0 Å². The van der Waals surface area contributed by atoms with Gasteiger partial charge in [-0.05, 0) is 36.8 Å². The van der Waals surface area contributed by atoms with E-state index >= 15 is 0 Å². The number of hydrogen-bond donors (Lipinski definition) is 1. The van der Waals surface area contributed by atoms with Gasteiger partial charge in [-0.3, -0.25) is 10.2 Å². The second-order valence-corrected chi connectivity index (χ2v) is 7.74. The van der Waals surface area contributed by atoms with E-state index in [4.69, 9.17) is 19.7 Å². The van der Waals surface area contributed by atoms with Crippen molar-refractivity contribution < 1.29 is 19.1 Å². The first-order chi connectivity index (χ1) is 15.6. The highest BCUT2D eigenvalue weighted by molar-refractivity contribution is 6.32. The quantitative estimate of drug-likeness (QED) is 0.643. The van der Waals surface area contributed by atoms with E-state index in [2.05, 4.69) is 9.56 Å². The minimum Gasteiger partial charge on any atom is -0.454 e. The largest absolute Gasteiger partial charge is 0.454 e. The molecule has 0 fully saturated rings. The Morgan fingerprint density at radius 1 is 1.16 bits per heavy atom. The standard InChI is InChI=1S/C24H18N4O4/c1-14-8-22-26-24(29)18(23(25)28(22)32-14)10-16-12-27(19-5-3-2-4-17(16)19)11-15-6-7-20-21(9-15)31-13-30-20/h2-10,12,25H,11,13H2,1H3/b18-10-,25-23?. The van der Waals surface area contributed by atoms with Crippen LogP contribution in [0.1, 0.15) is 18.1 Å². The number of benzene rings is 2. The molecule has 8 nitrogen and oxygen atoms in total. The van der Waals surface area contributed by atoms with Crippen LogP contribution in [0, 0.1) is 5.41 Å². The first kappa shape index (κ1) is 18.4. The molecule has 158 valence electrons. The highest BCUT2D eigenvalue weighted by atomic mass is 16.7. The van der Waals surface area contributed by atoms with E-state index in [1.165, 1.54) is 5.06 Å². The first-order valence-corrected chi connectivity index (χ1v) is 10.1. The highest BCUT2D eigenvalue weighted by Gasteiger charge is 2.34. The Balaban J connectivity index is 1.39. The summed E-state index contributed by atoms with van der Waals surface area (Å²) in [4.78, 5) is 22.3. The van der Waals surface area contributed by atoms with Gasteiger partial charge in [0.15, 0.2) is 23.2 Å². The van der Waals surface area contributed by atoms with Crippen LogP contribution in [-0.2, 0) is 16.2 Å². The van der Waals surface area contributed by atoms with E-state index in [-0.39, 0.29) is 18.2 Å². The number of amidine groups is 2. The minimum atomic E-state index is -0.455. The van der Waals surface area contributed by atoms with Crippen LogP contribution in [0.4, 0.5) is 0 Å². The molecule has 6 rings (SSSR count). The van der Waals surface area contributed by atoms with Crippen molar-refractivity contribution in [3.8, 4) is 11.5 Å². The van der Waals surface area contributed by atoms with Crippen LogP contribution < -0.4 is 9.47 Å². The molecule has 3 aliphatic rings. The number of carbonyl (C=O) groups is 1. The third-order valence-corrected chi connectivity index (χ3v) is 5.59. The smallest absolute Gasteiger partial charge is 0.282 e. The second-order valence-electron chi connectivity index (χ2n) is 7.74. The van der Waals surface area contributed by atoms with E-state index in [0.717, 1.165) is 33.5 Å². The molecule has 32 heavy (non-hydrogen) atoms.